The van der Waals surface area contributed by atoms with Crippen molar-refractivity contribution in [3.8, 4) is 11.1 Å². The number of rotatable bonds is 10. The van der Waals surface area contributed by atoms with Gasteiger partial charge in [-0.15, -0.1) is 11.3 Å². The molecule has 0 radical (unpaired) electrons. The molecular weight excluding hydrogens is 446 g/mol. The van der Waals surface area contributed by atoms with E-state index in [4.69, 9.17) is 9.88 Å². The Kier molecular flexibility index (Phi) is 7.86. The number of benzene rings is 1. The van der Waals surface area contributed by atoms with Crippen molar-refractivity contribution in [3.05, 3.63) is 59.0 Å². The smallest absolute Gasteiger partial charge is 0.339 e. The van der Waals surface area contributed by atoms with Crippen molar-refractivity contribution in [1.82, 2.24) is 9.55 Å². The number of primary sulfonamides is 1. The fourth-order valence-corrected chi connectivity index (χ4v) is 5.97. The molecule has 2 N–H and O–H groups in total. The largest absolute Gasteiger partial charge is 0.462 e. The first-order valence-electron chi connectivity index (χ1n) is 10.6. The van der Waals surface area contributed by atoms with Gasteiger partial charge in [-0.3, -0.25) is 0 Å². The van der Waals surface area contributed by atoms with E-state index in [0.29, 0.717) is 34.5 Å². The molecule has 0 bridgehead atoms. The maximum Gasteiger partial charge on any atom is 0.339 e. The van der Waals surface area contributed by atoms with E-state index < -0.39 is 16.0 Å². The molecule has 0 fully saturated rings. The van der Waals surface area contributed by atoms with Crippen LogP contribution in [0.4, 0.5) is 0 Å². The second-order valence-electron chi connectivity index (χ2n) is 8.13. The molecule has 3 aromatic rings. The number of ether oxygens (including phenoxy) is 1. The molecule has 32 heavy (non-hydrogen) atoms. The Hall–Kier alpha value is -2.49. The Bertz CT molecular complexity index is 1170. The molecule has 0 saturated heterocycles. The number of nitrogens with zero attached hydrogens (tertiary/aromatic N) is 2. The number of esters is 1. The van der Waals surface area contributed by atoms with Gasteiger partial charge in [0.15, 0.2) is 0 Å². The molecule has 2 heterocycles. The highest BCUT2D eigenvalue weighted by Gasteiger charge is 2.30. The Balaban J connectivity index is 2.15. The van der Waals surface area contributed by atoms with Crippen LogP contribution in [0.3, 0.4) is 0 Å². The number of thiophene rings is 1. The number of sulfonamides is 1. The third kappa shape index (κ3) is 5.85. The monoisotopic (exact) mass is 475 g/mol. The molecule has 1 aromatic carbocycles. The molecule has 0 saturated carbocycles. The van der Waals surface area contributed by atoms with Gasteiger partial charge in [-0.05, 0) is 36.0 Å². The number of unbranched alkanes of at least 4 members (excludes halogenated alkanes) is 1. The second kappa shape index (κ2) is 10.4. The molecule has 3 rings (SSSR count). The Morgan fingerprint density at radius 3 is 2.72 bits per heavy atom. The molecule has 9 heteroatoms. The summed E-state index contributed by atoms with van der Waals surface area (Å²) in [6.45, 7) is 6.91. The zero-order chi connectivity index (χ0) is 23.3. The summed E-state index contributed by atoms with van der Waals surface area (Å²) < 4.78 is 32.5. The fourth-order valence-electron chi connectivity index (χ4n) is 3.45. The number of imidazole rings is 1. The molecule has 2 aromatic heterocycles. The number of carbonyl (C=O) groups excluding carboxylic acids is 1. The molecule has 7 nitrogen and oxygen atoms in total. The number of hydrogen-bond acceptors (Lipinski definition) is 6. The molecule has 0 spiro atoms. The lowest BCUT2D eigenvalue weighted by molar-refractivity contribution is 0.0500. The third-order valence-electron chi connectivity index (χ3n) is 4.88. The lowest BCUT2D eigenvalue weighted by Crippen LogP contribution is -2.13. The maximum atomic E-state index is 13.1. The minimum Gasteiger partial charge on any atom is -0.462 e. The number of aromatic nitrogens is 2. The van der Waals surface area contributed by atoms with Crippen molar-refractivity contribution in [2.45, 2.75) is 50.8 Å². The van der Waals surface area contributed by atoms with Gasteiger partial charge in [0.2, 0.25) is 10.0 Å². The first kappa shape index (κ1) is 24.2. The lowest BCUT2D eigenvalue weighted by atomic mass is 9.98. The normalized spacial score (nSPS) is 11.8. The highest BCUT2D eigenvalue weighted by atomic mass is 32.2. The van der Waals surface area contributed by atoms with Crippen LogP contribution in [0.25, 0.3) is 11.1 Å². The second-order valence-corrected chi connectivity index (χ2v) is 11.0. The molecule has 0 amide bonds. The van der Waals surface area contributed by atoms with Crippen molar-refractivity contribution in [2.24, 2.45) is 11.1 Å². The van der Waals surface area contributed by atoms with Crippen molar-refractivity contribution in [2.75, 3.05) is 6.61 Å². The van der Waals surface area contributed by atoms with Crippen LogP contribution in [0.1, 0.15) is 54.4 Å². The van der Waals surface area contributed by atoms with E-state index in [9.17, 15) is 13.2 Å². The number of hydrogen-bond donors (Lipinski definition) is 1. The van der Waals surface area contributed by atoms with Gasteiger partial charge in [0.1, 0.15) is 4.21 Å². The van der Waals surface area contributed by atoms with Gasteiger partial charge in [0.25, 0.3) is 0 Å². The Labute approximate surface area is 193 Å². The number of nitrogens with two attached hydrogens (primary N) is 1. The molecule has 0 atom stereocenters. The minimum atomic E-state index is -4.05. The van der Waals surface area contributed by atoms with Crippen LogP contribution < -0.4 is 5.14 Å². The van der Waals surface area contributed by atoms with Crippen LogP contribution in [0.5, 0.6) is 0 Å². The topological polar surface area (TPSA) is 104 Å². The summed E-state index contributed by atoms with van der Waals surface area (Å²) in [4.78, 5) is 17.9. The van der Waals surface area contributed by atoms with Crippen molar-refractivity contribution < 1.29 is 17.9 Å². The summed E-state index contributed by atoms with van der Waals surface area (Å²) in [5.74, 6) is -0.278. The lowest BCUT2D eigenvalue weighted by Gasteiger charge is -2.12. The van der Waals surface area contributed by atoms with Crippen LogP contribution >= 0.6 is 11.3 Å². The average Bonchev–Trinajstić information content (AvgIpc) is 3.35. The van der Waals surface area contributed by atoms with Gasteiger partial charge in [0, 0.05) is 29.4 Å². The molecule has 0 aliphatic rings. The predicted octanol–water partition coefficient (Wildman–Crippen LogP) is 4.46. The predicted molar refractivity (Wildman–Crippen MR) is 126 cm³/mol. The van der Waals surface area contributed by atoms with E-state index in [2.05, 4.69) is 4.98 Å². The fraction of sp³-hybridized carbons (Fsp3) is 0.391. The van der Waals surface area contributed by atoms with E-state index in [1.165, 1.54) is 0 Å². The van der Waals surface area contributed by atoms with E-state index in [1.54, 1.807) is 18.6 Å². The average molecular weight is 476 g/mol. The molecule has 0 aliphatic heterocycles. The molecule has 0 unspecified atom stereocenters. The summed E-state index contributed by atoms with van der Waals surface area (Å²) >= 11 is 1.07. The van der Waals surface area contributed by atoms with Crippen LogP contribution in [0, 0.1) is 5.92 Å². The summed E-state index contributed by atoms with van der Waals surface area (Å²) in [6, 6.07) is 7.48. The van der Waals surface area contributed by atoms with Gasteiger partial charge in [0.05, 0.1) is 18.5 Å². The maximum absolute atomic E-state index is 13.1. The summed E-state index contributed by atoms with van der Waals surface area (Å²) in [5, 5.41) is 5.60. The third-order valence-corrected chi connectivity index (χ3v) is 7.55. The summed E-state index contributed by atoms with van der Waals surface area (Å²) in [7, 11) is -4.05. The SMILES string of the molecule is CCCCOC(=O)c1c(CC(C)C)sc(S(N)(=O)=O)c1-c1cccc(Cn2ccnc2)c1. The van der Waals surface area contributed by atoms with Gasteiger partial charge in [-0.25, -0.2) is 23.3 Å². The van der Waals surface area contributed by atoms with E-state index in [-0.39, 0.29) is 16.7 Å². The highest BCUT2D eigenvalue weighted by molar-refractivity contribution is 7.91. The van der Waals surface area contributed by atoms with Crippen LogP contribution in [0.2, 0.25) is 0 Å². The summed E-state index contributed by atoms with van der Waals surface area (Å²) in [6.07, 6.45) is 7.45. The summed E-state index contributed by atoms with van der Waals surface area (Å²) in [5.41, 5.74) is 2.22. The van der Waals surface area contributed by atoms with E-state index in [1.807, 2.05) is 49.7 Å². The van der Waals surface area contributed by atoms with Crippen LogP contribution in [-0.2, 0) is 27.7 Å². The van der Waals surface area contributed by atoms with Crippen molar-refractivity contribution in [3.63, 3.8) is 0 Å². The number of carbonyl (C=O) groups is 1. The molecule has 0 aliphatic carbocycles. The van der Waals surface area contributed by atoms with Gasteiger partial charge >= 0.3 is 5.97 Å². The molecular formula is C23H29N3O4S2. The van der Waals surface area contributed by atoms with Gasteiger partial charge in [-0.1, -0.05) is 45.4 Å². The van der Waals surface area contributed by atoms with Crippen molar-refractivity contribution in [1.29, 1.82) is 0 Å². The Morgan fingerprint density at radius 2 is 2.09 bits per heavy atom. The quantitative estimate of drug-likeness (QED) is 0.344. The molecule has 172 valence electrons. The van der Waals surface area contributed by atoms with E-state index in [0.717, 1.165) is 29.7 Å². The first-order chi connectivity index (χ1) is 15.2. The van der Waals surface area contributed by atoms with Gasteiger partial charge < -0.3 is 9.30 Å². The van der Waals surface area contributed by atoms with Gasteiger partial charge in [-0.2, -0.15) is 0 Å². The zero-order valence-corrected chi connectivity index (χ0v) is 20.2. The highest BCUT2D eigenvalue weighted by Crippen LogP contribution is 2.41. The van der Waals surface area contributed by atoms with Crippen LogP contribution in [0.15, 0.2) is 47.2 Å². The Morgan fingerprint density at radius 1 is 1.31 bits per heavy atom. The van der Waals surface area contributed by atoms with E-state index >= 15 is 0 Å². The standard InChI is InChI=1S/C23H29N3O4S2/c1-4-5-11-30-22(27)21-19(12-16(2)3)31-23(32(24,28)29)20(21)18-8-6-7-17(13-18)14-26-10-9-25-15-26/h6-10,13,15-16H,4-5,11-12,14H2,1-3H3,(H2,24,28,29). The minimum absolute atomic E-state index is 0.00428. The van der Waals surface area contributed by atoms with Crippen molar-refractivity contribution >= 4 is 27.3 Å². The van der Waals surface area contributed by atoms with Crippen LogP contribution in [-0.4, -0.2) is 30.5 Å². The zero-order valence-electron chi connectivity index (χ0n) is 18.6. The first-order valence-corrected chi connectivity index (χ1v) is 13.0.